The number of hydrogen-bond acceptors (Lipinski definition) is 3. The topological polar surface area (TPSA) is 48.1 Å². The summed E-state index contributed by atoms with van der Waals surface area (Å²) in [6, 6.07) is 9.35. The van der Waals surface area contributed by atoms with Crippen LogP contribution in [-0.2, 0) is 0 Å². The molecular formula is C13H11BrN2OS. The van der Waals surface area contributed by atoms with Gasteiger partial charge in [0.2, 0.25) is 0 Å². The first kappa shape index (κ1) is 13.0. The fraction of sp³-hybridized carbons (Fsp3) is 0.0769. The van der Waals surface area contributed by atoms with Gasteiger partial charge in [-0.3, -0.25) is 4.98 Å². The molecule has 0 saturated carbocycles. The first-order valence-corrected chi connectivity index (χ1v) is 6.46. The minimum Gasteiger partial charge on any atom is -0.457 e. The van der Waals surface area contributed by atoms with E-state index in [1.807, 2.05) is 25.1 Å². The molecule has 1 heterocycles. The number of benzene rings is 1. The van der Waals surface area contributed by atoms with E-state index in [0.717, 1.165) is 15.8 Å². The predicted octanol–water partition coefficient (Wildman–Crippen LogP) is 3.58. The summed E-state index contributed by atoms with van der Waals surface area (Å²) in [6.07, 6.45) is 1.62. The monoisotopic (exact) mass is 322 g/mol. The van der Waals surface area contributed by atoms with Gasteiger partial charge in [-0.1, -0.05) is 34.2 Å². The van der Waals surface area contributed by atoms with E-state index in [0.29, 0.717) is 11.4 Å². The van der Waals surface area contributed by atoms with Gasteiger partial charge in [-0.25, -0.2) is 0 Å². The SMILES string of the molecule is Cc1ccc(Br)cc1Oc1ccnc(C(N)=S)c1. The van der Waals surface area contributed by atoms with Crippen LogP contribution in [-0.4, -0.2) is 9.97 Å². The molecule has 1 aromatic carbocycles. The van der Waals surface area contributed by atoms with Crippen molar-refractivity contribution in [3.63, 3.8) is 0 Å². The Labute approximate surface area is 119 Å². The molecule has 1 aromatic heterocycles. The molecule has 0 bridgehead atoms. The molecule has 2 N–H and O–H groups in total. The maximum absolute atomic E-state index is 5.80. The summed E-state index contributed by atoms with van der Waals surface area (Å²) in [5.74, 6) is 1.44. The zero-order chi connectivity index (χ0) is 13.1. The Morgan fingerprint density at radius 2 is 2.11 bits per heavy atom. The Bertz CT molecular complexity index is 601. The van der Waals surface area contributed by atoms with Crippen molar-refractivity contribution in [1.82, 2.24) is 4.98 Å². The first-order valence-electron chi connectivity index (χ1n) is 5.26. The lowest BCUT2D eigenvalue weighted by atomic mass is 10.2. The molecule has 5 heteroatoms. The third-order valence-corrected chi connectivity index (χ3v) is 3.06. The molecule has 2 rings (SSSR count). The molecule has 2 aromatic rings. The Kier molecular flexibility index (Phi) is 3.93. The van der Waals surface area contributed by atoms with Gasteiger partial charge in [0, 0.05) is 16.7 Å². The van der Waals surface area contributed by atoms with Gasteiger partial charge in [-0.15, -0.1) is 0 Å². The molecule has 0 aliphatic carbocycles. The summed E-state index contributed by atoms with van der Waals surface area (Å²) in [4.78, 5) is 4.32. The maximum Gasteiger partial charge on any atom is 0.131 e. The average molecular weight is 323 g/mol. The summed E-state index contributed by atoms with van der Waals surface area (Å²) < 4.78 is 6.76. The van der Waals surface area contributed by atoms with Crippen LogP contribution in [0.15, 0.2) is 41.0 Å². The molecule has 0 unspecified atom stereocenters. The van der Waals surface area contributed by atoms with Crippen molar-refractivity contribution < 1.29 is 4.74 Å². The van der Waals surface area contributed by atoms with E-state index in [2.05, 4.69) is 20.9 Å². The highest BCUT2D eigenvalue weighted by Gasteiger charge is 2.05. The lowest BCUT2D eigenvalue weighted by Crippen LogP contribution is -2.11. The van der Waals surface area contributed by atoms with E-state index in [1.54, 1.807) is 18.3 Å². The van der Waals surface area contributed by atoms with E-state index in [-0.39, 0.29) is 4.99 Å². The number of nitrogens with zero attached hydrogens (tertiary/aromatic N) is 1. The second-order valence-electron chi connectivity index (χ2n) is 3.75. The first-order chi connectivity index (χ1) is 8.56. The van der Waals surface area contributed by atoms with Crippen molar-refractivity contribution in [3.05, 3.63) is 52.3 Å². The van der Waals surface area contributed by atoms with Gasteiger partial charge in [0.15, 0.2) is 0 Å². The summed E-state index contributed by atoms with van der Waals surface area (Å²) in [5.41, 5.74) is 7.14. The van der Waals surface area contributed by atoms with Gasteiger partial charge in [0.25, 0.3) is 0 Å². The van der Waals surface area contributed by atoms with E-state index < -0.39 is 0 Å². The van der Waals surface area contributed by atoms with Crippen molar-refractivity contribution in [2.24, 2.45) is 5.73 Å². The largest absolute Gasteiger partial charge is 0.457 e. The summed E-state index contributed by atoms with van der Waals surface area (Å²) in [7, 11) is 0. The molecule has 0 saturated heterocycles. The fourth-order valence-corrected chi connectivity index (χ4v) is 1.87. The quantitative estimate of drug-likeness (QED) is 0.877. The molecule has 92 valence electrons. The Morgan fingerprint density at radius 1 is 1.33 bits per heavy atom. The van der Waals surface area contributed by atoms with Crippen LogP contribution in [0.2, 0.25) is 0 Å². The van der Waals surface area contributed by atoms with Crippen LogP contribution in [0.4, 0.5) is 0 Å². The Morgan fingerprint density at radius 3 is 2.83 bits per heavy atom. The van der Waals surface area contributed by atoms with Crippen molar-refractivity contribution in [2.75, 3.05) is 0 Å². The van der Waals surface area contributed by atoms with E-state index in [9.17, 15) is 0 Å². The fourth-order valence-electron chi connectivity index (χ4n) is 1.42. The minimum atomic E-state index is 0.256. The van der Waals surface area contributed by atoms with Crippen molar-refractivity contribution in [3.8, 4) is 11.5 Å². The molecular weight excluding hydrogens is 312 g/mol. The lowest BCUT2D eigenvalue weighted by molar-refractivity contribution is 0.477. The standard InChI is InChI=1S/C13H11BrN2OS/c1-8-2-3-9(14)6-12(8)17-10-4-5-16-11(7-10)13(15)18/h2-7H,1H3,(H2,15,18). The summed E-state index contributed by atoms with van der Waals surface area (Å²) >= 11 is 8.30. The molecule has 0 radical (unpaired) electrons. The van der Waals surface area contributed by atoms with Crippen LogP contribution in [0.3, 0.4) is 0 Å². The molecule has 0 aliphatic heterocycles. The molecule has 0 aliphatic rings. The number of pyridine rings is 1. The number of aromatic nitrogens is 1. The van der Waals surface area contributed by atoms with Crippen LogP contribution >= 0.6 is 28.1 Å². The Balaban J connectivity index is 2.31. The smallest absolute Gasteiger partial charge is 0.131 e. The predicted molar refractivity (Wildman–Crippen MR) is 79.1 cm³/mol. The Hall–Kier alpha value is -1.46. The average Bonchev–Trinajstić information content (AvgIpc) is 2.34. The number of hydrogen-bond donors (Lipinski definition) is 1. The van der Waals surface area contributed by atoms with Crippen LogP contribution in [0.1, 0.15) is 11.3 Å². The molecule has 18 heavy (non-hydrogen) atoms. The van der Waals surface area contributed by atoms with Crippen LogP contribution in [0, 0.1) is 6.92 Å². The van der Waals surface area contributed by atoms with E-state index in [4.69, 9.17) is 22.7 Å². The maximum atomic E-state index is 5.80. The summed E-state index contributed by atoms with van der Waals surface area (Å²) in [6.45, 7) is 1.98. The number of thiocarbonyl (C=S) groups is 1. The molecule has 3 nitrogen and oxygen atoms in total. The molecule has 0 spiro atoms. The zero-order valence-corrected chi connectivity index (χ0v) is 12.1. The van der Waals surface area contributed by atoms with Crippen molar-refractivity contribution in [1.29, 1.82) is 0 Å². The highest BCUT2D eigenvalue weighted by molar-refractivity contribution is 9.10. The highest BCUT2D eigenvalue weighted by atomic mass is 79.9. The van der Waals surface area contributed by atoms with Gasteiger partial charge in [-0.05, 0) is 30.7 Å². The minimum absolute atomic E-state index is 0.256. The van der Waals surface area contributed by atoms with E-state index in [1.165, 1.54) is 0 Å². The van der Waals surface area contributed by atoms with Gasteiger partial charge >= 0.3 is 0 Å². The van der Waals surface area contributed by atoms with Crippen molar-refractivity contribution in [2.45, 2.75) is 6.92 Å². The second kappa shape index (κ2) is 5.46. The third kappa shape index (κ3) is 3.05. The second-order valence-corrected chi connectivity index (χ2v) is 5.11. The number of rotatable bonds is 3. The molecule has 0 fully saturated rings. The number of halogens is 1. The van der Waals surface area contributed by atoms with Gasteiger partial charge in [0.1, 0.15) is 22.2 Å². The van der Waals surface area contributed by atoms with E-state index >= 15 is 0 Å². The van der Waals surface area contributed by atoms with Gasteiger partial charge in [0.05, 0.1) is 0 Å². The third-order valence-electron chi connectivity index (χ3n) is 2.36. The number of aryl methyl sites for hydroxylation is 1. The summed E-state index contributed by atoms with van der Waals surface area (Å²) in [5, 5.41) is 0. The number of ether oxygens (including phenoxy) is 1. The van der Waals surface area contributed by atoms with Gasteiger partial charge in [-0.2, -0.15) is 0 Å². The van der Waals surface area contributed by atoms with Crippen molar-refractivity contribution >= 4 is 33.1 Å². The highest BCUT2D eigenvalue weighted by Crippen LogP contribution is 2.28. The molecule has 0 atom stereocenters. The van der Waals surface area contributed by atoms with Crippen LogP contribution in [0.25, 0.3) is 0 Å². The normalized spacial score (nSPS) is 10.1. The number of nitrogens with two attached hydrogens (primary N) is 1. The lowest BCUT2D eigenvalue weighted by Gasteiger charge is -2.09. The van der Waals surface area contributed by atoms with Crippen LogP contribution < -0.4 is 10.5 Å². The van der Waals surface area contributed by atoms with Crippen LogP contribution in [0.5, 0.6) is 11.5 Å². The molecule has 0 amide bonds. The van der Waals surface area contributed by atoms with Gasteiger partial charge < -0.3 is 10.5 Å². The zero-order valence-electron chi connectivity index (χ0n) is 9.68.